The molecule has 1 atom stereocenters. The largest absolute Gasteiger partial charge is 0.334 e. The summed E-state index contributed by atoms with van der Waals surface area (Å²) in [5.74, 6) is -0.158. The molecule has 28 heavy (non-hydrogen) atoms. The van der Waals surface area contributed by atoms with Crippen LogP contribution in [0.5, 0.6) is 0 Å². The topological polar surface area (TPSA) is 46.1 Å². The van der Waals surface area contributed by atoms with Gasteiger partial charge in [0.1, 0.15) is 5.82 Å². The molecule has 3 heterocycles. The van der Waals surface area contributed by atoms with Gasteiger partial charge >= 0.3 is 0 Å². The first-order valence-electron chi connectivity index (χ1n) is 9.59. The molecule has 0 aliphatic carbocycles. The fraction of sp³-hybridized carbons (Fsp3) is 0.261. The molecule has 0 spiro atoms. The SMILES string of the molecule is O=C(Cc1ccccn1)N1CCC[C@@H]1c1cccc(Cc2cccc(F)c2)n1. The quantitative estimate of drug-likeness (QED) is 0.674. The maximum atomic E-state index is 13.4. The van der Waals surface area contributed by atoms with Crippen molar-refractivity contribution in [1.29, 1.82) is 0 Å². The molecule has 1 saturated heterocycles. The van der Waals surface area contributed by atoms with E-state index in [0.717, 1.165) is 42.0 Å². The molecule has 5 heteroatoms. The Kier molecular flexibility index (Phi) is 5.42. The number of likely N-dealkylation sites (tertiary alicyclic amines) is 1. The molecule has 2 aromatic heterocycles. The normalized spacial score (nSPS) is 16.3. The summed E-state index contributed by atoms with van der Waals surface area (Å²) >= 11 is 0. The highest BCUT2D eigenvalue weighted by atomic mass is 19.1. The lowest BCUT2D eigenvalue weighted by Crippen LogP contribution is -2.32. The summed E-state index contributed by atoms with van der Waals surface area (Å²) < 4.78 is 13.4. The van der Waals surface area contributed by atoms with E-state index < -0.39 is 0 Å². The molecule has 4 nitrogen and oxygen atoms in total. The zero-order valence-electron chi connectivity index (χ0n) is 15.6. The Balaban J connectivity index is 1.50. The standard InChI is InChI=1S/C23H22FN3O/c24-18-7-3-6-17(14-18)15-20-9-4-10-21(26-20)22-11-5-13-27(22)23(28)16-19-8-1-2-12-25-19/h1-4,6-10,12,14,22H,5,11,13,15-16H2/t22-/m1/s1. The maximum Gasteiger partial charge on any atom is 0.229 e. The number of pyridine rings is 2. The number of carbonyl (C=O) groups excluding carboxylic acids is 1. The highest BCUT2D eigenvalue weighted by Crippen LogP contribution is 2.31. The lowest BCUT2D eigenvalue weighted by atomic mass is 10.1. The zero-order chi connectivity index (χ0) is 19.3. The molecule has 142 valence electrons. The summed E-state index contributed by atoms with van der Waals surface area (Å²) in [6, 6.07) is 18.1. The van der Waals surface area contributed by atoms with E-state index in [1.807, 2.05) is 47.4 Å². The molecule has 1 aliphatic heterocycles. The van der Waals surface area contributed by atoms with Crippen molar-refractivity contribution in [2.24, 2.45) is 0 Å². The van der Waals surface area contributed by atoms with Crippen LogP contribution < -0.4 is 0 Å². The highest BCUT2D eigenvalue weighted by molar-refractivity contribution is 5.79. The van der Waals surface area contributed by atoms with Crippen molar-refractivity contribution < 1.29 is 9.18 Å². The molecule has 4 rings (SSSR count). The van der Waals surface area contributed by atoms with E-state index in [1.54, 1.807) is 12.3 Å². The number of carbonyl (C=O) groups is 1. The average molecular weight is 375 g/mol. The van der Waals surface area contributed by atoms with Crippen molar-refractivity contribution in [1.82, 2.24) is 14.9 Å². The van der Waals surface area contributed by atoms with Crippen LogP contribution in [0.1, 0.15) is 41.5 Å². The van der Waals surface area contributed by atoms with E-state index in [2.05, 4.69) is 4.98 Å². The molecular weight excluding hydrogens is 353 g/mol. The first-order valence-corrected chi connectivity index (χ1v) is 9.59. The number of hydrogen-bond donors (Lipinski definition) is 0. The van der Waals surface area contributed by atoms with Crippen molar-refractivity contribution in [2.45, 2.75) is 31.7 Å². The second kappa shape index (κ2) is 8.30. The van der Waals surface area contributed by atoms with Gasteiger partial charge in [-0.2, -0.15) is 0 Å². The Morgan fingerprint density at radius 2 is 1.93 bits per heavy atom. The molecule has 1 amide bonds. The molecule has 1 aromatic carbocycles. The first kappa shape index (κ1) is 18.3. The van der Waals surface area contributed by atoms with Crippen molar-refractivity contribution in [3.05, 3.63) is 95.3 Å². The number of nitrogens with zero attached hydrogens (tertiary/aromatic N) is 3. The van der Waals surface area contributed by atoms with E-state index in [9.17, 15) is 9.18 Å². The third kappa shape index (κ3) is 4.25. The van der Waals surface area contributed by atoms with Gasteiger partial charge in [-0.1, -0.05) is 24.3 Å². The average Bonchev–Trinajstić information content (AvgIpc) is 3.19. The van der Waals surface area contributed by atoms with Gasteiger partial charge in [-0.05, 0) is 54.8 Å². The second-order valence-electron chi connectivity index (χ2n) is 7.10. The predicted octanol–water partition coefficient (Wildman–Crippen LogP) is 4.11. The van der Waals surface area contributed by atoms with Gasteiger partial charge in [0.15, 0.2) is 0 Å². The first-order chi connectivity index (χ1) is 13.7. The van der Waals surface area contributed by atoms with Gasteiger partial charge in [0, 0.05) is 30.6 Å². The molecule has 0 N–H and O–H groups in total. The van der Waals surface area contributed by atoms with E-state index in [0.29, 0.717) is 12.8 Å². The lowest BCUT2D eigenvalue weighted by molar-refractivity contribution is -0.131. The van der Waals surface area contributed by atoms with Crippen LogP contribution in [-0.2, 0) is 17.6 Å². The summed E-state index contributed by atoms with van der Waals surface area (Å²) in [5.41, 5.74) is 3.46. The number of benzene rings is 1. The number of aromatic nitrogens is 2. The smallest absolute Gasteiger partial charge is 0.229 e. The van der Waals surface area contributed by atoms with E-state index >= 15 is 0 Å². The fourth-order valence-electron chi connectivity index (χ4n) is 3.77. The Bertz CT molecular complexity index is 961. The lowest BCUT2D eigenvalue weighted by Gasteiger charge is -2.24. The molecule has 0 saturated carbocycles. The van der Waals surface area contributed by atoms with Crippen LogP contribution in [0.15, 0.2) is 66.9 Å². The molecule has 1 aliphatic rings. The fourth-order valence-corrected chi connectivity index (χ4v) is 3.77. The van der Waals surface area contributed by atoms with Crippen LogP contribution in [0, 0.1) is 5.82 Å². The summed E-state index contributed by atoms with van der Waals surface area (Å²) in [5, 5.41) is 0. The van der Waals surface area contributed by atoms with Crippen LogP contribution in [-0.4, -0.2) is 27.3 Å². The van der Waals surface area contributed by atoms with Gasteiger partial charge in [-0.15, -0.1) is 0 Å². The number of rotatable bonds is 5. The minimum atomic E-state index is -0.240. The Morgan fingerprint density at radius 3 is 2.75 bits per heavy atom. The molecule has 0 radical (unpaired) electrons. The highest BCUT2D eigenvalue weighted by Gasteiger charge is 2.31. The van der Waals surface area contributed by atoms with Gasteiger partial charge < -0.3 is 4.90 Å². The second-order valence-corrected chi connectivity index (χ2v) is 7.10. The van der Waals surface area contributed by atoms with Crippen molar-refractivity contribution >= 4 is 5.91 Å². The predicted molar refractivity (Wildman–Crippen MR) is 105 cm³/mol. The zero-order valence-corrected chi connectivity index (χ0v) is 15.6. The summed E-state index contributed by atoms with van der Waals surface area (Å²) in [6.07, 6.45) is 4.46. The van der Waals surface area contributed by atoms with Crippen LogP contribution >= 0.6 is 0 Å². The Labute approximate surface area is 164 Å². The van der Waals surface area contributed by atoms with Gasteiger partial charge in [0.05, 0.1) is 18.2 Å². The molecule has 0 unspecified atom stereocenters. The van der Waals surface area contributed by atoms with Gasteiger partial charge in [-0.3, -0.25) is 14.8 Å². The summed E-state index contributed by atoms with van der Waals surface area (Å²) in [6.45, 7) is 0.742. The van der Waals surface area contributed by atoms with Crippen LogP contribution in [0.3, 0.4) is 0 Å². The van der Waals surface area contributed by atoms with E-state index in [4.69, 9.17) is 4.98 Å². The van der Waals surface area contributed by atoms with Crippen molar-refractivity contribution in [3.8, 4) is 0 Å². The van der Waals surface area contributed by atoms with Gasteiger partial charge in [-0.25, -0.2) is 4.39 Å². The molecule has 3 aromatic rings. The van der Waals surface area contributed by atoms with Crippen molar-refractivity contribution in [2.75, 3.05) is 6.54 Å². The molecule has 1 fully saturated rings. The van der Waals surface area contributed by atoms with Crippen molar-refractivity contribution in [3.63, 3.8) is 0 Å². The summed E-state index contributed by atoms with van der Waals surface area (Å²) in [7, 11) is 0. The maximum absolute atomic E-state index is 13.4. The minimum Gasteiger partial charge on any atom is -0.334 e. The Hall–Kier alpha value is -3.08. The number of halogens is 1. The molecular formula is C23H22FN3O. The van der Waals surface area contributed by atoms with Gasteiger partial charge in [0.25, 0.3) is 0 Å². The molecule has 0 bridgehead atoms. The third-order valence-corrected chi connectivity index (χ3v) is 5.08. The Morgan fingerprint density at radius 1 is 1.07 bits per heavy atom. The van der Waals surface area contributed by atoms with Crippen LogP contribution in [0.4, 0.5) is 4.39 Å². The van der Waals surface area contributed by atoms with Gasteiger partial charge in [0.2, 0.25) is 5.91 Å². The number of hydrogen-bond acceptors (Lipinski definition) is 3. The van der Waals surface area contributed by atoms with E-state index in [-0.39, 0.29) is 17.8 Å². The summed E-state index contributed by atoms with van der Waals surface area (Å²) in [4.78, 5) is 23.8. The number of amides is 1. The van der Waals surface area contributed by atoms with Crippen LogP contribution in [0.2, 0.25) is 0 Å². The van der Waals surface area contributed by atoms with E-state index in [1.165, 1.54) is 12.1 Å². The van der Waals surface area contributed by atoms with Crippen LogP contribution in [0.25, 0.3) is 0 Å². The minimum absolute atomic E-state index is 0.0105. The third-order valence-electron chi connectivity index (χ3n) is 5.08. The monoisotopic (exact) mass is 375 g/mol.